The van der Waals surface area contributed by atoms with E-state index in [-0.39, 0.29) is 16.6 Å². The summed E-state index contributed by atoms with van der Waals surface area (Å²) in [4.78, 5) is 11.1. The highest BCUT2D eigenvalue weighted by Crippen LogP contribution is 2.38. The lowest BCUT2D eigenvalue weighted by Crippen LogP contribution is -2.19. The minimum atomic E-state index is -0.332. The molecule has 110 valence electrons. The van der Waals surface area contributed by atoms with Crippen molar-refractivity contribution in [3.63, 3.8) is 0 Å². The lowest BCUT2D eigenvalue weighted by Gasteiger charge is -2.20. The molecule has 0 saturated heterocycles. The normalized spacial score (nSPS) is 15.5. The Kier molecular flexibility index (Phi) is 3.85. The first kappa shape index (κ1) is 14.3. The summed E-state index contributed by atoms with van der Waals surface area (Å²) in [5, 5.41) is 2.71. The van der Waals surface area contributed by atoms with Gasteiger partial charge in [0.2, 0.25) is 5.91 Å². The molecule has 0 aliphatic carbocycles. The van der Waals surface area contributed by atoms with Gasteiger partial charge in [0.25, 0.3) is 0 Å². The van der Waals surface area contributed by atoms with Gasteiger partial charge in [0.1, 0.15) is 11.6 Å². The first-order valence-electron chi connectivity index (χ1n) is 6.92. The molecule has 1 aromatic heterocycles. The Balaban J connectivity index is 2.01. The number of furan rings is 1. The number of amides is 1. The first-order chi connectivity index (χ1) is 10.1. The summed E-state index contributed by atoms with van der Waals surface area (Å²) < 4.78 is 19.8. The van der Waals surface area contributed by atoms with E-state index in [1.165, 1.54) is 6.07 Å². The number of alkyl halides is 1. The third kappa shape index (κ3) is 2.62. The van der Waals surface area contributed by atoms with Crippen molar-refractivity contribution in [2.45, 2.75) is 31.0 Å². The van der Waals surface area contributed by atoms with Crippen molar-refractivity contribution in [1.29, 1.82) is 0 Å². The van der Waals surface area contributed by atoms with E-state index in [2.05, 4.69) is 21.2 Å². The SMILES string of the molecule is CCc1occc1C(Br)c1cc2c(cc1F)NC(=O)CC2. The van der Waals surface area contributed by atoms with Crippen LogP contribution >= 0.6 is 15.9 Å². The Morgan fingerprint density at radius 2 is 2.19 bits per heavy atom. The molecule has 2 heterocycles. The monoisotopic (exact) mass is 351 g/mol. The van der Waals surface area contributed by atoms with Gasteiger partial charge in [-0.3, -0.25) is 4.79 Å². The summed E-state index contributed by atoms with van der Waals surface area (Å²) in [6.45, 7) is 2.00. The maximum absolute atomic E-state index is 14.4. The minimum Gasteiger partial charge on any atom is -0.469 e. The summed E-state index contributed by atoms with van der Waals surface area (Å²) in [5.41, 5.74) is 3.06. The molecular weight excluding hydrogens is 337 g/mol. The third-order valence-corrected chi connectivity index (χ3v) is 4.75. The molecule has 1 unspecified atom stereocenters. The zero-order chi connectivity index (χ0) is 15.0. The van der Waals surface area contributed by atoms with Crippen LogP contribution in [0.3, 0.4) is 0 Å². The molecule has 0 fully saturated rings. The Bertz CT molecular complexity index is 696. The average Bonchev–Trinajstić information content (AvgIpc) is 2.94. The molecular formula is C16H15BrFNO2. The second kappa shape index (κ2) is 5.64. The molecule has 0 saturated carbocycles. The quantitative estimate of drug-likeness (QED) is 0.835. The van der Waals surface area contributed by atoms with Crippen LogP contribution in [0.4, 0.5) is 10.1 Å². The fourth-order valence-electron chi connectivity index (χ4n) is 2.65. The zero-order valence-corrected chi connectivity index (χ0v) is 13.2. The molecule has 0 radical (unpaired) electrons. The van der Waals surface area contributed by atoms with Gasteiger partial charge in [-0.05, 0) is 30.2 Å². The van der Waals surface area contributed by atoms with Crippen molar-refractivity contribution in [2.24, 2.45) is 0 Å². The summed E-state index contributed by atoms with van der Waals surface area (Å²) >= 11 is 3.57. The first-order valence-corrected chi connectivity index (χ1v) is 7.84. The lowest BCUT2D eigenvalue weighted by atomic mass is 9.96. The predicted molar refractivity (Wildman–Crippen MR) is 82.2 cm³/mol. The van der Waals surface area contributed by atoms with Crippen LogP contribution in [0.2, 0.25) is 0 Å². The highest BCUT2D eigenvalue weighted by molar-refractivity contribution is 9.09. The second-order valence-electron chi connectivity index (χ2n) is 5.09. The van der Waals surface area contributed by atoms with Gasteiger partial charge >= 0.3 is 0 Å². The molecule has 1 amide bonds. The van der Waals surface area contributed by atoms with Crippen LogP contribution in [-0.2, 0) is 17.6 Å². The van der Waals surface area contributed by atoms with E-state index in [0.717, 1.165) is 23.3 Å². The maximum Gasteiger partial charge on any atom is 0.224 e. The fourth-order valence-corrected chi connectivity index (χ4v) is 3.41. The van der Waals surface area contributed by atoms with Gasteiger partial charge in [-0.15, -0.1) is 0 Å². The molecule has 1 aliphatic rings. The summed E-state index contributed by atoms with van der Waals surface area (Å²) in [6, 6.07) is 5.09. The smallest absolute Gasteiger partial charge is 0.224 e. The standard InChI is InChI=1S/C16H15BrFNO2/c1-2-14-10(5-6-21-14)16(17)11-7-9-3-4-15(20)19-13(9)8-12(11)18/h5-8,16H,2-4H2,1H3,(H,19,20). The van der Waals surface area contributed by atoms with Crippen LogP contribution in [0.15, 0.2) is 28.9 Å². The molecule has 3 rings (SSSR count). The van der Waals surface area contributed by atoms with Gasteiger partial charge in [-0.25, -0.2) is 4.39 Å². The molecule has 5 heteroatoms. The van der Waals surface area contributed by atoms with Crippen LogP contribution in [0.1, 0.15) is 40.6 Å². The van der Waals surface area contributed by atoms with Gasteiger partial charge in [0.05, 0.1) is 11.1 Å². The molecule has 1 N–H and O–H groups in total. The van der Waals surface area contributed by atoms with Gasteiger partial charge in [0, 0.05) is 29.7 Å². The van der Waals surface area contributed by atoms with E-state index in [9.17, 15) is 9.18 Å². The predicted octanol–water partition coefficient (Wildman–Crippen LogP) is 4.35. The number of anilines is 1. The number of nitrogens with one attached hydrogen (secondary N) is 1. The van der Waals surface area contributed by atoms with Crippen molar-refractivity contribution in [2.75, 3.05) is 5.32 Å². The van der Waals surface area contributed by atoms with Gasteiger partial charge < -0.3 is 9.73 Å². The summed E-state index contributed by atoms with van der Waals surface area (Å²) in [6.07, 6.45) is 3.46. The van der Waals surface area contributed by atoms with Crippen molar-refractivity contribution < 1.29 is 13.6 Å². The zero-order valence-electron chi connectivity index (χ0n) is 11.6. The molecule has 21 heavy (non-hydrogen) atoms. The minimum absolute atomic E-state index is 0.0619. The molecule has 1 atom stereocenters. The number of carbonyl (C=O) groups is 1. The Morgan fingerprint density at radius 1 is 1.38 bits per heavy atom. The Morgan fingerprint density at radius 3 is 2.95 bits per heavy atom. The number of carbonyl (C=O) groups excluding carboxylic acids is 1. The van der Waals surface area contributed by atoms with E-state index in [0.29, 0.717) is 24.1 Å². The number of fused-ring (bicyclic) bond motifs is 1. The number of rotatable bonds is 3. The van der Waals surface area contributed by atoms with Gasteiger partial charge in [0.15, 0.2) is 0 Å². The van der Waals surface area contributed by atoms with Crippen LogP contribution in [0.5, 0.6) is 0 Å². The topological polar surface area (TPSA) is 42.2 Å². The van der Waals surface area contributed by atoms with Crippen LogP contribution in [0, 0.1) is 5.82 Å². The number of benzene rings is 1. The molecule has 1 aromatic carbocycles. The highest BCUT2D eigenvalue weighted by Gasteiger charge is 2.23. The number of hydrogen-bond donors (Lipinski definition) is 1. The van der Waals surface area contributed by atoms with Gasteiger partial charge in [-0.1, -0.05) is 22.9 Å². The Hall–Kier alpha value is -1.62. The molecule has 3 nitrogen and oxygen atoms in total. The van der Waals surface area contributed by atoms with Crippen LogP contribution in [0.25, 0.3) is 0 Å². The number of hydrogen-bond acceptors (Lipinski definition) is 2. The van der Waals surface area contributed by atoms with Gasteiger partial charge in [-0.2, -0.15) is 0 Å². The Labute approximate surface area is 130 Å². The van der Waals surface area contributed by atoms with E-state index in [1.54, 1.807) is 6.26 Å². The van der Waals surface area contributed by atoms with E-state index < -0.39 is 0 Å². The largest absolute Gasteiger partial charge is 0.469 e. The summed E-state index contributed by atoms with van der Waals surface area (Å²) in [5.74, 6) is 0.455. The molecule has 0 bridgehead atoms. The molecule has 1 aliphatic heterocycles. The number of halogens is 2. The van der Waals surface area contributed by atoms with E-state index >= 15 is 0 Å². The second-order valence-corrected chi connectivity index (χ2v) is 6.01. The number of aryl methyl sites for hydroxylation is 2. The summed E-state index contributed by atoms with van der Waals surface area (Å²) in [7, 11) is 0. The van der Waals surface area contributed by atoms with Crippen molar-refractivity contribution >= 4 is 27.5 Å². The highest BCUT2D eigenvalue weighted by atomic mass is 79.9. The van der Waals surface area contributed by atoms with Crippen molar-refractivity contribution in [1.82, 2.24) is 0 Å². The lowest BCUT2D eigenvalue weighted by molar-refractivity contribution is -0.116. The van der Waals surface area contributed by atoms with Crippen LogP contribution < -0.4 is 5.32 Å². The van der Waals surface area contributed by atoms with Crippen molar-refractivity contribution in [3.05, 3.63) is 52.7 Å². The maximum atomic E-state index is 14.4. The fraction of sp³-hybridized carbons (Fsp3) is 0.312. The molecule has 2 aromatic rings. The van der Waals surface area contributed by atoms with Crippen LogP contribution in [-0.4, -0.2) is 5.91 Å². The van der Waals surface area contributed by atoms with E-state index in [1.807, 2.05) is 19.1 Å². The third-order valence-electron chi connectivity index (χ3n) is 3.77. The molecule has 0 spiro atoms. The van der Waals surface area contributed by atoms with Crippen molar-refractivity contribution in [3.8, 4) is 0 Å². The average molecular weight is 352 g/mol. The van der Waals surface area contributed by atoms with E-state index in [4.69, 9.17) is 4.42 Å².